The lowest BCUT2D eigenvalue weighted by Gasteiger charge is -2.42. The molecule has 0 aliphatic carbocycles. The molecular weight excluding hydrogens is 264 g/mol. The Labute approximate surface area is 118 Å². The summed E-state index contributed by atoms with van der Waals surface area (Å²) in [5.41, 5.74) is -0.580. The van der Waals surface area contributed by atoms with E-state index in [4.69, 9.17) is 14.3 Å². The third-order valence-electron chi connectivity index (χ3n) is 4.12. The summed E-state index contributed by atoms with van der Waals surface area (Å²) >= 11 is 0. The Morgan fingerprint density at radius 2 is 2.05 bits per heavy atom. The number of methoxy groups -OCH3 is 2. The van der Waals surface area contributed by atoms with Gasteiger partial charge >= 0.3 is 5.97 Å². The van der Waals surface area contributed by atoms with Crippen LogP contribution in [-0.4, -0.2) is 63.0 Å². The molecule has 20 heavy (non-hydrogen) atoms. The van der Waals surface area contributed by atoms with Crippen molar-refractivity contribution >= 4 is 11.9 Å². The Hall–Kier alpha value is -1.18. The maximum Gasteiger partial charge on any atom is 0.311 e. The Balaban J connectivity index is 2.19. The zero-order chi connectivity index (χ0) is 14.6. The predicted molar refractivity (Wildman–Crippen MR) is 69.6 cm³/mol. The summed E-state index contributed by atoms with van der Waals surface area (Å²) in [7, 11) is 2.93. The number of hydrogen-bond donors (Lipinski definition) is 1. The van der Waals surface area contributed by atoms with Crippen LogP contribution in [0.1, 0.15) is 19.3 Å². The lowest BCUT2D eigenvalue weighted by Crippen LogP contribution is -2.56. The number of rotatable bonds is 5. The van der Waals surface area contributed by atoms with Gasteiger partial charge in [-0.3, -0.25) is 14.4 Å². The van der Waals surface area contributed by atoms with Crippen molar-refractivity contribution in [1.82, 2.24) is 10.4 Å². The zero-order valence-corrected chi connectivity index (χ0v) is 12.0. The molecule has 114 valence electrons. The Morgan fingerprint density at radius 1 is 1.35 bits per heavy atom. The third-order valence-corrected chi connectivity index (χ3v) is 4.12. The first kappa shape index (κ1) is 15.2. The van der Waals surface area contributed by atoms with Crippen molar-refractivity contribution in [1.29, 1.82) is 0 Å². The monoisotopic (exact) mass is 286 g/mol. The summed E-state index contributed by atoms with van der Waals surface area (Å²) < 4.78 is 9.81. The number of amides is 1. The van der Waals surface area contributed by atoms with E-state index in [1.165, 1.54) is 12.2 Å². The minimum Gasteiger partial charge on any atom is -0.469 e. The molecule has 2 fully saturated rings. The largest absolute Gasteiger partial charge is 0.469 e. The SMILES string of the molecule is COCCON1C(=O)CC(C(=O)OC)C12CCNCC2. The molecule has 0 aromatic carbocycles. The van der Waals surface area contributed by atoms with E-state index in [2.05, 4.69) is 5.32 Å². The highest BCUT2D eigenvalue weighted by Gasteiger charge is 2.57. The standard InChI is InChI=1S/C13H22N2O5/c1-18-7-8-20-15-11(16)9-10(12(17)19-2)13(15)3-5-14-6-4-13/h10,14H,3-9H2,1-2H3. The molecule has 1 N–H and O–H groups in total. The molecule has 0 saturated carbocycles. The summed E-state index contributed by atoms with van der Waals surface area (Å²) in [4.78, 5) is 29.8. The molecule has 2 saturated heterocycles. The number of carbonyl (C=O) groups excluding carboxylic acids is 2. The van der Waals surface area contributed by atoms with Crippen LogP contribution < -0.4 is 5.32 Å². The smallest absolute Gasteiger partial charge is 0.311 e. The minimum absolute atomic E-state index is 0.152. The van der Waals surface area contributed by atoms with Crippen molar-refractivity contribution in [3.63, 3.8) is 0 Å². The highest BCUT2D eigenvalue weighted by molar-refractivity contribution is 5.88. The molecule has 0 aromatic heterocycles. The summed E-state index contributed by atoms with van der Waals surface area (Å²) in [5.74, 6) is -0.943. The topological polar surface area (TPSA) is 77.1 Å². The number of hydroxylamine groups is 2. The third kappa shape index (κ3) is 2.65. The van der Waals surface area contributed by atoms with Crippen LogP contribution in [0, 0.1) is 5.92 Å². The first-order valence-corrected chi connectivity index (χ1v) is 6.89. The van der Waals surface area contributed by atoms with Gasteiger partial charge in [0, 0.05) is 13.5 Å². The molecule has 2 aliphatic rings. The van der Waals surface area contributed by atoms with E-state index in [1.54, 1.807) is 7.11 Å². The molecule has 1 unspecified atom stereocenters. The van der Waals surface area contributed by atoms with Gasteiger partial charge in [0.15, 0.2) is 0 Å². The fourth-order valence-corrected chi connectivity index (χ4v) is 3.11. The number of ether oxygens (including phenoxy) is 2. The van der Waals surface area contributed by atoms with Crippen LogP contribution in [0.2, 0.25) is 0 Å². The number of carbonyl (C=O) groups is 2. The maximum atomic E-state index is 12.2. The molecule has 2 aliphatic heterocycles. The van der Waals surface area contributed by atoms with Crippen molar-refractivity contribution in [3.05, 3.63) is 0 Å². The van der Waals surface area contributed by atoms with Crippen molar-refractivity contribution in [2.24, 2.45) is 5.92 Å². The quantitative estimate of drug-likeness (QED) is 0.553. The van der Waals surface area contributed by atoms with Gasteiger partial charge in [0.1, 0.15) is 0 Å². The molecule has 7 heteroatoms. The van der Waals surface area contributed by atoms with Crippen LogP contribution in [0.25, 0.3) is 0 Å². The molecule has 2 rings (SSSR count). The molecule has 0 bridgehead atoms. The second-order valence-corrected chi connectivity index (χ2v) is 5.15. The fourth-order valence-electron chi connectivity index (χ4n) is 3.11. The van der Waals surface area contributed by atoms with E-state index in [1.807, 2.05) is 0 Å². The normalized spacial score (nSPS) is 25.2. The van der Waals surface area contributed by atoms with Crippen LogP contribution in [-0.2, 0) is 23.9 Å². The predicted octanol–water partition coefficient (Wildman–Crippen LogP) is -0.292. The molecule has 1 amide bonds. The van der Waals surface area contributed by atoms with Crippen molar-refractivity contribution in [2.75, 3.05) is 40.5 Å². The fraction of sp³-hybridized carbons (Fsp3) is 0.846. The van der Waals surface area contributed by atoms with Gasteiger partial charge in [-0.25, -0.2) is 5.06 Å². The summed E-state index contributed by atoms with van der Waals surface area (Å²) in [6.07, 6.45) is 1.52. The lowest BCUT2D eigenvalue weighted by molar-refractivity contribution is -0.223. The highest BCUT2D eigenvalue weighted by Crippen LogP contribution is 2.43. The first-order valence-electron chi connectivity index (χ1n) is 6.89. The zero-order valence-electron chi connectivity index (χ0n) is 12.0. The van der Waals surface area contributed by atoms with Crippen LogP contribution in [0.4, 0.5) is 0 Å². The van der Waals surface area contributed by atoms with Crippen molar-refractivity contribution in [2.45, 2.75) is 24.8 Å². The van der Waals surface area contributed by atoms with E-state index in [0.29, 0.717) is 26.1 Å². The second kappa shape index (κ2) is 6.51. The maximum absolute atomic E-state index is 12.2. The Kier molecular flexibility index (Phi) is 4.95. The van der Waals surface area contributed by atoms with Crippen LogP contribution in [0.3, 0.4) is 0 Å². The van der Waals surface area contributed by atoms with E-state index < -0.39 is 11.5 Å². The van der Waals surface area contributed by atoms with E-state index in [9.17, 15) is 9.59 Å². The van der Waals surface area contributed by atoms with Crippen LogP contribution >= 0.6 is 0 Å². The van der Waals surface area contributed by atoms with Gasteiger partial charge in [0.25, 0.3) is 0 Å². The van der Waals surface area contributed by atoms with Crippen LogP contribution in [0.5, 0.6) is 0 Å². The molecule has 1 spiro atoms. The van der Waals surface area contributed by atoms with Gasteiger partial charge in [-0.05, 0) is 25.9 Å². The molecule has 1 atom stereocenters. The van der Waals surface area contributed by atoms with Gasteiger partial charge in [0.2, 0.25) is 5.91 Å². The second-order valence-electron chi connectivity index (χ2n) is 5.15. The van der Waals surface area contributed by atoms with Gasteiger partial charge in [-0.2, -0.15) is 0 Å². The Morgan fingerprint density at radius 3 is 2.65 bits per heavy atom. The summed E-state index contributed by atoms with van der Waals surface area (Å²) in [5, 5.41) is 4.66. The Bertz CT molecular complexity index is 368. The summed E-state index contributed by atoms with van der Waals surface area (Å²) in [6.45, 7) is 2.21. The van der Waals surface area contributed by atoms with Gasteiger partial charge in [-0.1, -0.05) is 0 Å². The van der Waals surface area contributed by atoms with Gasteiger partial charge in [0.05, 0.1) is 31.8 Å². The lowest BCUT2D eigenvalue weighted by atomic mass is 9.78. The van der Waals surface area contributed by atoms with Crippen molar-refractivity contribution < 1.29 is 23.9 Å². The number of nitrogens with one attached hydrogen (secondary N) is 1. The van der Waals surface area contributed by atoms with Gasteiger partial charge < -0.3 is 14.8 Å². The van der Waals surface area contributed by atoms with E-state index in [-0.39, 0.29) is 18.3 Å². The highest BCUT2D eigenvalue weighted by atomic mass is 16.7. The van der Waals surface area contributed by atoms with E-state index >= 15 is 0 Å². The van der Waals surface area contributed by atoms with E-state index in [0.717, 1.165) is 13.1 Å². The van der Waals surface area contributed by atoms with Crippen molar-refractivity contribution in [3.8, 4) is 0 Å². The average molecular weight is 286 g/mol. The molecule has 0 radical (unpaired) electrons. The first-order chi connectivity index (χ1) is 9.65. The van der Waals surface area contributed by atoms with Crippen LogP contribution in [0.15, 0.2) is 0 Å². The summed E-state index contributed by atoms with van der Waals surface area (Å²) in [6, 6.07) is 0. The molecule has 2 heterocycles. The molecular formula is C13H22N2O5. The minimum atomic E-state index is -0.580. The average Bonchev–Trinajstić information content (AvgIpc) is 2.73. The van der Waals surface area contributed by atoms with Gasteiger partial charge in [-0.15, -0.1) is 0 Å². The molecule has 7 nitrogen and oxygen atoms in total. The number of nitrogens with zero attached hydrogens (tertiary/aromatic N) is 1. The molecule has 0 aromatic rings. The number of piperidine rings is 1. The number of esters is 1. The number of hydrogen-bond acceptors (Lipinski definition) is 6.